The molecular weight excluding hydrogens is 426 g/mol. The van der Waals surface area contributed by atoms with Crippen molar-refractivity contribution < 1.29 is 13.9 Å². The first-order valence-corrected chi connectivity index (χ1v) is 8.07. The van der Waals surface area contributed by atoms with Crippen molar-refractivity contribution >= 4 is 43.5 Å². The quantitative estimate of drug-likeness (QED) is 0.567. The third-order valence-electron chi connectivity index (χ3n) is 3.01. The summed E-state index contributed by atoms with van der Waals surface area (Å²) in [7, 11) is 2.98. The van der Waals surface area contributed by atoms with E-state index in [0.717, 1.165) is 10.0 Å². The van der Waals surface area contributed by atoms with Crippen LogP contribution in [0.1, 0.15) is 16.0 Å². The van der Waals surface area contributed by atoms with E-state index in [1.54, 1.807) is 12.1 Å². The Labute approximate surface area is 144 Å². The number of halogens is 4. The highest BCUT2D eigenvalue weighted by molar-refractivity contribution is 9.10. The van der Waals surface area contributed by atoms with E-state index in [1.165, 1.54) is 20.3 Å². The van der Waals surface area contributed by atoms with Crippen LogP contribution in [0, 0.1) is 5.82 Å². The maximum atomic E-state index is 14.3. The SMILES string of the molecule is COc1cc(F)c(C(Br)c2ccc(Br)cc2Cl)cc1OC. The summed E-state index contributed by atoms with van der Waals surface area (Å²) in [6, 6.07) is 8.36. The van der Waals surface area contributed by atoms with Gasteiger partial charge in [-0.25, -0.2) is 4.39 Å². The number of ether oxygens (including phenoxy) is 2. The summed E-state index contributed by atoms with van der Waals surface area (Å²) in [5, 5.41) is 0.542. The Morgan fingerprint density at radius 2 is 1.67 bits per heavy atom. The largest absolute Gasteiger partial charge is 0.493 e. The van der Waals surface area contributed by atoms with Crippen LogP contribution < -0.4 is 9.47 Å². The topological polar surface area (TPSA) is 18.5 Å². The van der Waals surface area contributed by atoms with E-state index in [-0.39, 0.29) is 0 Å². The molecule has 2 rings (SSSR count). The molecule has 0 heterocycles. The molecule has 0 aromatic heterocycles. The molecule has 1 unspecified atom stereocenters. The van der Waals surface area contributed by atoms with Crippen LogP contribution in [0.2, 0.25) is 5.02 Å². The molecule has 0 spiro atoms. The van der Waals surface area contributed by atoms with Gasteiger partial charge in [0.05, 0.1) is 19.0 Å². The molecule has 2 aromatic carbocycles. The summed E-state index contributed by atoms with van der Waals surface area (Å²) in [5.74, 6) is 0.417. The van der Waals surface area contributed by atoms with Gasteiger partial charge < -0.3 is 9.47 Å². The first-order valence-electron chi connectivity index (χ1n) is 5.98. The fourth-order valence-electron chi connectivity index (χ4n) is 1.94. The summed E-state index contributed by atoms with van der Waals surface area (Å²) in [6.07, 6.45) is 0. The van der Waals surface area contributed by atoms with Crippen LogP contribution in [0.4, 0.5) is 4.39 Å². The van der Waals surface area contributed by atoms with Crippen LogP contribution in [0.15, 0.2) is 34.8 Å². The standard InChI is InChI=1S/C15H12Br2ClFO2/c1-20-13-6-10(12(19)7-14(13)21-2)15(17)9-4-3-8(16)5-11(9)18/h3-7,15H,1-2H3. The molecular formula is C15H12Br2ClFO2. The summed E-state index contributed by atoms with van der Waals surface area (Å²) in [5.41, 5.74) is 1.20. The Balaban J connectivity index is 2.50. The van der Waals surface area contributed by atoms with Gasteiger partial charge in [0.2, 0.25) is 0 Å². The highest BCUT2D eigenvalue weighted by atomic mass is 79.9. The van der Waals surface area contributed by atoms with Crippen LogP contribution in [-0.2, 0) is 0 Å². The van der Waals surface area contributed by atoms with Gasteiger partial charge in [-0.3, -0.25) is 0 Å². The van der Waals surface area contributed by atoms with E-state index in [9.17, 15) is 4.39 Å². The van der Waals surface area contributed by atoms with Crippen molar-refractivity contribution in [2.45, 2.75) is 4.83 Å². The summed E-state index contributed by atoms with van der Waals surface area (Å²) >= 11 is 13.1. The fraction of sp³-hybridized carbons (Fsp3) is 0.200. The lowest BCUT2D eigenvalue weighted by Crippen LogP contribution is -2.00. The molecule has 2 nitrogen and oxygen atoms in total. The zero-order chi connectivity index (χ0) is 15.6. The number of alkyl halides is 1. The van der Waals surface area contributed by atoms with Gasteiger partial charge in [-0.2, -0.15) is 0 Å². The molecule has 0 aliphatic carbocycles. The van der Waals surface area contributed by atoms with E-state index in [1.807, 2.05) is 12.1 Å². The van der Waals surface area contributed by atoms with Gasteiger partial charge in [-0.1, -0.05) is 49.5 Å². The molecule has 0 aliphatic heterocycles. The highest BCUT2D eigenvalue weighted by Crippen LogP contribution is 2.41. The lowest BCUT2D eigenvalue weighted by molar-refractivity contribution is 0.351. The highest BCUT2D eigenvalue weighted by Gasteiger charge is 2.20. The van der Waals surface area contributed by atoms with Gasteiger partial charge in [0.1, 0.15) is 5.82 Å². The molecule has 1 atom stereocenters. The number of rotatable bonds is 4. The van der Waals surface area contributed by atoms with Crippen molar-refractivity contribution in [3.63, 3.8) is 0 Å². The summed E-state index contributed by atoms with van der Waals surface area (Å²) in [6.45, 7) is 0. The molecule has 0 fully saturated rings. The van der Waals surface area contributed by atoms with Crippen molar-refractivity contribution in [2.75, 3.05) is 14.2 Å². The average molecular weight is 439 g/mol. The third-order valence-corrected chi connectivity index (χ3v) is 4.82. The lowest BCUT2D eigenvalue weighted by Gasteiger charge is -2.16. The first kappa shape index (κ1) is 16.6. The average Bonchev–Trinajstić information content (AvgIpc) is 2.46. The summed E-state index contributed by atoms with van der Waals surface area (Å²) < 4.78 is 25.4. The number of hydrogen-bond donors (Lipinski definition) is 0. The van der Waals surface area contributed by atoms with E-state index in [2.05, 4.69) is 31.9 Å². The Morgan fingerprint density at radius 3 is 2.24 bits per heavy atom. The lowest BCUT2D eigenvalue weighted by atomic mass is 10.0. The zero-order valence-electron chi connectivity index (χ0n) is 11.3. The normalized spacial score (nSPS) is 12.1. The Morgan fingerprint density at radius 1 is 1.05 bits per heavy atom. The third kappa shape index (κ3) is 3.52. The van der Waals surface area contributed by atoms with Gasteiger partial charge in [-0.15, -0.1) is 0 Å². The van der Waals surface area contributed by atoms with Crippen LogP contribution in [0.5, 0.6) is 11.5 Å². The second kappa shape index (κ2) is 6.99. The smallest absolute Gasteiger partial charge is 0.163 e. The molecule has 0 saturated heterocycles. The first-order chi connectivity index (χ1) is 9.97. The van der Waals surface area contributed by atoms with Gasteiger partial charge in [-0.05, 0) is 23.8 Å². The maximum absolute atomic E-state index is 14.3. The van der Waals surface area contributed by atoms with Crippen molar-refractivity contribution in [2.24, 2.45) is 0 Å². The zero-order valence-corrected chi connectivity index (χ0v) is 15.2. The number of benzene rings is 2. The van der Waals surface area contributed by atoms with Gasteiger partial charge >= 0.3 is 0 Å². The molecule has 0 saturated carbocycles. The van der Waals surface area contributed by atoms with Gasteiger partial charge in [0.15, 0.2) is 11.5 Å². The molecule has 0 aliphatic rings. The van der Waals surface area contributed by atoms with Crippen LogP contribution in [0.25, 0.3) is 0 Å². The number of methoxy groups -OCH3 is 2. The van der Waals surface area contributed by atoms with Crippen molar-refractivity contribution in [1.29, 1.82) is 0 Å². The molecule has 6 heteroatoms. The van der Waals surface area contributed by atoms with Crippen molar-refractivity contribution in [3.05, 3.63) is 56.8 Å². The van der Waals surface area contributed by atoms with Crippen molar-refractivity contribution in [1.82, 2.24) is 0 Å². The van der Waals surface area contributed by atoms with E-state index >= 15 is 0 Å². The predicted octanol–water partition coefficient (Wildman–Crippen LogP) is 5.74. The minimum atomic E-state index is -0.395. The minimum Gasteiger partial charge on any atom is -0.493 e. The van der Waals surface area contributed by atoms with Gasteiger partial charge in [0.25, 0.3) is 0 Å². The predicted molar refractivity (Wildman–Crippen MR) is 89.4 cm³/mol. The van der Waals surface area contributed by atoms with E-state index < -0.39 is 10.6 Å². The Hall–Kier alpha value is -0.780. The van der Waals surface area contributed by atoms with E-state index in [0.29, 0.717) is 22.1 Å². The van der Waals surface area contributed by atoms with E-state index in [4.69, 9.17) is 21.1 Å². The fourth-order valence-corrected chi connectivity index (χ4v) is 3.60. The Bertz CT molecular complexity index is 664. The molecule has 21 heavy (non-hydrogen) atoms. The molecule has 0 N–H and O–H groups in total. The van der Waals surface area contributed by atoms with Crippen LogP contribution >= 0.6 is 43.5 Å². The van der Waals surface area contributed by atoms with Crippen molar-refractivity contribution in [3.8, 4) is 11.5 Å². The molecule has 0 radical (unpaired) electrons. The monoisotopic (exact) mass is 436 g/mol. The number of hydrogen-bond acceptors (Lipinski definition) is 2. The van der Waals surface area contributed by atoms with Gasteiger partial charge in [0, 0.05) is 21.1 Å². The molecule has 112 valence electrons. The van der Waals surface area contributed by atoms with Crippen LogP contribution in [0.3, 0.4) is 0 Å². The second-order valence-electron chi connectivity index (χ2n) is 4.26. The van der Waals surface area contributed by atoms with Crippen LogP contribution in [-0.4, -0.2) is 14.2 Å². The molecule has 0 amide bonds. The maximum Gasteiger partial charge on any atom is 0.163 e. The minimum absolute atomic E-state index is 0.348. The Kier molecular flexibility index (Phi) is 5.52. The molecule has 0 bridgehead atoms. The second-order valence-corrected chi connectivity index (χ2v) is 6.50. The summed E-state index contributed by atoms with van der Waals surface area (Å²) in [4.78, 5) is -0.391. The molecule has 2 aromatic rings.